The van der Waals surface area contributed by atoms with Gasteiger partial charge in [-0.05, 0) is 48.4 Å². The molecule has 2 aliphatic heterocycles. The number of nitrogens with zero attached hydrogens (tertiary/aromatic N) is 2. The number of piperidine rings is 1. The van der Waals surface area contributed by atoms with Gasteiger partial charge in [0.1, 0.15) is 18.5 Å². The first-order valence-corrected chi connectivity index (χ1v) is 9.56. The maximum atomic E-state index is 14.0. The van der Waals surface area contributed by atoms with Crippen LogP contribution in [-0.4, -0.2) is 23.1 Å². The molecule has 0 spiro atoms. The van der Waals surface area contributed by atoms with Crippen LogP contribution in [0.2, 0.25) is 0 Å². The molecule has 0 aliphatic carbocycles. The largest absolute Gasteiger partial charge is 0.445 e. The number of benzene rings is 2. The molecule has 2 bridgehead atoms. The van der Waals surface area contributed by atoms with Gasteiger partial charge in [-0.2, -0.15) is 5.26 Å². The van der Waals surface area contributed by atoms with Crippen molar-refractivity contribution in [3.8, 4) is 6.07 Å². The molecule has 1 amide bonds. The van der Waals surface area contributed by atoms with Crippen molar-refractivity contribution in [2.75, 3.05) is 0 Å². The van der Waals surface area contributed by atoms with Crippen LogP contribution in [0.1, 0.15) is 42.4 Å². The molecule has 4 rings (SSSR count). The van der Waals surface area contributed by atoms with Crippen molar-refractivity contribution < 1.29 is 13.9 Å². The molecule has 2 aromatic rings. The molecule has 2 aliphatic rings. The number of nitriles is 1. The Labute approximate surface area is 163 Å². The third-order valence-electron chi connectivity index (χ3n) is 5.52. The molecular formula is C23H21FN2O2. The standard InChI is InChI=1S/C23H21FN2O2/c24-22-11-5-10-20(21(22)14-25)17-12-18-8-4-9-19(13-17)26(18)23(27)28-15-16-6-2-1-3-7-16/h1-3,5-7,10-12,18-19H,4,8-9,13,15H2. The number of hydrogen-bond donors (Lipinski definition) is 0. The molecule has 142 valence electrons. The molecule has 0 radical (unpaired) electrons. The lowest BCUT2D eigenvalue weighted by Crippen LogP contribution is -2.51. The van der Waals surface area contributed by atoms with E-state index < -0.39 is 5.82 Å². The van der Waals surface area contributed by atoms with Crippen molar-refractivity contribution in [1.82, 2.24) is 4.90 Å². The minimum absolute atomic E-state index is 0.0110. The number of ether oxygens (including phenoxy) is 1. The Kier molecular flexibility index (Phi) is 5.12. The van der Waals surface area contributed by atoms with Gasteiger partial charge in [-0.25, -0.2) is 9.18 Å². The molecule has 1 fully saturated rings. The third kappa shape index (κ3) is 3.50. The minimum atomic E-state index is -0.504. The Hall–Kier alpha value is -3.13. The highest BCUT2D eigenvalue weighted by molar-refractivity contribution is 5.76. The summed E-state index contributed by atoms with van der Waals surface area (Å²) in [5.41, 5.74) is 2.61. The second-order valence-electron chi connectivity index (χ2n) is 7.27. The summed E-state index contributed by atoms with van der Waals surface area (Å²) in [5, 5.41) is 9.35. The number of amides is 1. The lowest BCUT2D eigenvalue weighted by atomic mass is 9.82. The van der Waals surface area contributed by atoms with E-state index in [1.807, 2.05) is 47.4 Å². The fourth-order valence-corrected chi connectivity index (χ4v) is 4.21. The van der Waals surface area contributed by atoms with Gasteiger partial charge in [0.15, 0.2) is 0 Å². The minimum Gasteiger partial charge on any atom is -0.445 e. The van der Waals surface area contributed by atoms with Crippen LogP contribution < -0.4 is 0 Å². The molecule has 28 heavy (non-hydrogen) atoms. The zero-order chi connectivity index (χ0) is 19.5. The van der Waals surface area contributed by atoms with E-state index >= 15 is 0 Å². The van der Waals surface area contributed by atoms with E-state index in [1.54, 1.807) is 12.1 Å². The van der Waals surface area contributed by atoms with E-state index in [1.165, 1.54) is 6.07 Å². The van der Waals surface area contributed by atoms with Crippen LogP contribution in [0.5, 0.6) is 0 Å². The molecule has 5 heteroatoms. The first kappa shape index (κ1) is 18.2. The number of halogens is 1. The molecule has 0 aromatic heterocycles. The van der Waals surface area contributed by atoms with Gasteiger partial charge >= 0.3 is 6.09 Å². The van der Waals surface area contributed by atoms with Gasteiger partial charge in [-0.15, -0.1) is 0 Å². The van der Waals surface area contributed by atoms with Gasteiger partial charge in [-0.1, -0.05) is 48.5 Å². The van der Waals surface area contributed by atoms with Crippen molar-refractivity contribution in [2.24, 2.45) is 0 Å². The summed E-state index contributed by atoms with van der Waals surface area (Å²) in [6.07, 6.45) is 5.07. The first-order valence-electron chi connectivity index (χ1n) is 9.56. The molecule has 4 nitrogen and oxygen atoms in total. The van der Waals surface area contributed by atoms with Crippen molar-refractivity contribution in [2.45, 2.75) is 44.4 Å². The van der Waals surface area contributed by atoms with E-state index in [-0.39, 0.29) is 30.3 Å². The van der Waals surface area contributed by atoms with Crippen LogP contribution in [0.25, 0.3) is 5.57 Å². The predicted octanol–water partition coefficient (Wildman–Crippen LogP) is 5.04. The smallest absolute Gasteiger partial charge is 0.410 e. The lowest BCUT2D eigenvalue weighted by molar-refractivity contribution is 0.0510. The molecule has 2 atom stereocenters. The first-order chi connectivity index (χ1) is 13.7. The zero-order valence-corrected chi connectivity index (χ0v) is 15.5. The maximum Gasteiger partial charge on any atom is 0.410 e. The highest BCUT2D eigenvalue weighted by Crippen LogP contribution is 2.38. The quantitative estimate of drug-likeness (QED) is 0.754. The van der Waals surface area contributed by atoms with Gasteiger partial charge in [0.2, 0.25) is 0 Å². The highest BCUT2D eigenvalue weighted by atomic mass is 19.1. The molecule has 2 heterocycles. The van der Waals surface area contributed by atoms with Crippen molar-refractivity contribution >= 4 is 11.7 Å². The van der Waals surface area contributed by atoms with Gasteiger partial charge < -0.3 is 4.74 Å². The summed E-state index contributed by atoms with van der Waals surface area (Å²) in [6.45, 7) is 0.245. The Balaban J connectivity index is 1.56. The van der Waals surface area contributed by atoms with Crippen molar-refractivity contribution in [1.29, 1.82) is 5.26 Å². The molecule has 2 unspecified atom stereocenters. The monoisotopic (exact) mass is 376 g/mol. The van der Waals surface area contributed by atoms with Gasteiger partial charge in [0, 0.05) is 6.04 Å². The number of hydrogen-bond acceptors (Lipinski definition) is 3. The zero-order valence-electron chi connectivity index (χ0n) is 15.5. The Morgan fingerprint density at radius 3 is 2.75 bits per heavy atom. The Morgan fingerprint density at radius 1 is 1.18 bits per heavy atom. The molecule has 1 saturated heterocycles. The summed E-state index contributed by atoms with van der Waals surface area (Å²) >= 11 is 0. The average Bonchev–Trinajstić information content (AvgIpc) is 2.71. The summed E-state index contributed by atoms with van der Waals surface area (Å²) in [6, 6.07) is 16.2. The lowest BCUT2D eigenvalue weighted by Gasteiger charge is -2.44. The van der Waals surface area contributed by atoms with E-state index in [0.29, 0.717) is 12.0 Å². The van der Waals surface area contributed by atoms with Gasteiger partial charge in [0.05, 0.1) is 11.6 Å². The third-order valence-corrected chi connectivity index (χ3v) is 5.52. The average molecular weight is 376 g/mol. The van der Waals surface area contributed by atoms with Crippen LogP contribution in [0, 0.1) is 17.1 Å². The maximum absolute atomic E-state index is 14.0. The van der Waals surface area contributed by atoms with E-state index in [0.717, 1.165) is 30.4 Å². The molecule has 2 aromatic carbocycles. The van der Waals surface area contributed by atoms with E-state index in [9.17, 15) is 14.4 Å². The van der Waals surface area contributed by atoms with Crippen LogP contribution >= 0.6 is 0 Å². The Morgan fingerprint density at radius 2 is 2.00 bits per heavy atom. The number of carbonyl (C=O) groups is 1. The predicted molar refractivity (Wildman–Crippen MR) is 104 cm³/mol. The fraction of sp³-hybridized carbons (Fsp3) is 0.304. The van der Waals surface area contributed by atoms with Crippen molar-refractivity contribution in [3.05, 3.63) is 77.1 Å². The van der Waals surface area contributed by atoms with Crippen LogP contribution in [0.3, 0.4) is 0 Å². The SMILES string of the molecule is N#Cc1c(F)cccc1C1=CC2CCCC(C1)N2C(=O)OCc1ccccc1. The number of fused-ring (bicyclic) bond motifs is 2. The summed E-state index contributed by atoms with van der Waals surface area (Å²) in [7, 11) is 0. The second kappa shape index (κ2) is 7.85. The summed E-state index contributed by atoms with van der Waals surface area (Å²) in [4.78, 5) is 14.6. The van der Waals surface area contributed by atoms with Gasteiger partial charge in [0.25, 0.3) is 0 Å². The second-order valence-corrected chi connectivity index (χ2v) is 7.27. The van der Waals surface area contributed by atoms with Gasteiger partial charge in [-0.3, -0.25) is 4.90 Å². The molecular weight excluding hydrogens is 355 g/mol. The summed E-state index contributed by atoms with van der Waals surface area (Å²) < 4.78 is 19.6. The molecule has 0 saturated carbocycles. The fourth-order valence-electron chi connectivity index (χ4n) is 4.21. The number of carbonyl (C=O) groups excluding carboxylic acids is 1. The van der Waals surface area contributed by atoms with Crippen LogP contribution in [0.4, 0.5) is 9.18 Å². The van der Waals surface area contributed by atoms with E-state index in [4.69, 9.17) is 4.74 Å². The Bertz CT molecular complexity index is 949. The summed E-state index contributed by atoms with van der Waals surface area (Å²) in [5.74, 6) is -0.504. The van der Waals surface area contributed by atoms with Crippen LogP contribution in [-0.2, 0) is 11.3 Å². The normalized spacial score (nSPS) is 20.9. The van der Waals surface area contributed by atoms with Crippen molar-refractivity contribution in [3.63, 3.8) is 0 Å². The van der Waals surface area contributed by atoms with Crippen LogP contribution in [0.15, 0.2) is 54.6 Å². The highest BCUT2D eigenvalue weighted by Gasteiger charge is 2.38. The van der Waals surface area contributed by atoms with E-state index in [2.05, 4.69) is 0 Å². The molecule has 0 N–H and O–H groups in total. The number of rotatable bonds is 3. The topological polar surface area (TPSA) is 53.3 Å².